The van der Waals surface area contributed by atoms with E-state index in [1.54, 1.807) is 0 Å². The standard InChI is InChI=1S/C16H33NO/c1-3-4-5-7-10-15(2)17-13-16(14-18)11-8-6-9-12-16/h15,17-18H,3-14H2,1-2H3. The monoisotopic (exact) mass is 255 g/mol. The van der Waals surface area contributed by atoms with Gasteiger partial charge >= 0.3 is 0 Å². The van der Waals surface area contributed by atoms with E-state index in [4.69, 9.17) is 0 Å². The molecule has 2 heteroatoms. The minimum Gasteiger partial charge on any atom is -0.396 e. The first-order chi connectivity index (χ1) is 8.72. The molecule has 0 aromatic rings. The summed E-state index contributed by atoms with van der Waals surface area (Å²) >= 11 is 0. The molecule has 18 heavy (non-hydrogen) atoms. The lowest BCUT2D eigenvalue weighted by Crippen LogP contribution is -2.42. The van der Waals surface area contributed by atoms with E-state index in [1.165, 1.54) is 64.2 Å². The maximum Gasteiger partial charge on any atom is 0.0499 e. The average molecular weight is 255 g/mol. The van der Waals surface area contributed by atoms with Crippen LogP contribution < -0.4 is 5.32 Å². The molecule has 0 heterocycles. The van der Waals surface area contributed by atoms with Crippen LogP contribution in [0.2, 0.25) is 0 Å². The van der Waals surface area contributed by atoms with Crippen LogP contribution in [-0.4, -0.2) is 24.3 Å². The molecule has 0 aliphatic heterocycles. The van der Waals surface area contributed by atoms with Crippen molar-refractivity contribution in [2.45, 2.75) is 84.1 Å². The first kappa shape index (κ1) is 16.0. The molecular weight excluding hydrogens is 222 g/mol. The van der Waals surface area contributed by atoms with Crippen molar-refractivity contribution in [1.82, 2.24) is 5.32 Å². The minimum absolute atomic E-state index is 0.190. The van der Waals surface area contributed by atoms with E-state index in [0.717, 1.165) is 6.54 Å². The molecule has 1 aliphatic carbocycles. The Morgan fingerprint density at radius 1 is 1.11 bits per heavy atom. The highest BCUT2D eigenvalue weighted by Gasteiger charge is 2.31. The number of hydrogen-bond acceptors (Lipinski definition) is 2. The van der Waals surface area contributed by atoms with Crippen molar-refractivity contribution < 1.29 is 5.11 Å². The molecule has 1 atom stereocenters. The van der Waals surface area contributed by atoms with Crippen LogP contribution in [0, 0.1) is 5.41 Å². The summed E-state index contributed by atoms with van der Waals surface area (Å²) in [5.41, 5.74) is 0.190. The van der Waals surface area contributed by atoms with E-state index < -0.39 is 0 Å². The molecule has 0 amide bonds. The Bertz CT molecular complexity index is 199. The summed E-state index contributed by atoms with van der Waals surface area (Å²) in [5, 5.41) is 13.3. The SMILES string of the molecule is CCCCCCC(C)NCC1(CO)CCCCC1. The van der Waals surface area contributed by atoms with Gasteiger partial charge in [-0.2, -0.15) is 0 Å². The third-order valence-corrected chi connectivity index (χ3v) is 4.57. The Hall–Kier alpha value is -0.0800. The number of nitrogens with one attached hydrogen (secondary N) is 1. The van der Waals surface area contributed by atoms with E-state index >= 15 is 0 Å². The third-order valence-electron chi connectivity index (χ3n) is 4.57. The second-order valence-corrected chi connectivity index (χ2v) is 6.35. The second-order valence-electron chi connectivity index (χ2n) is 6.35. The molecule has 0 aromatic heterocycles. The smallest absolute Gasteiger partial charge is 0.0499 e. The molecule has 1 aliphatic rings. The first-order valence-electron chi connectivity index (χ1n) is 8.07. The molecule has 2 N–H and O–H groups in total. The summed E-state index contributed by atoms with van der Waals surface area (Å²) in [7, 11) is 0. The summed E-state index contributed by atoms with van der Waals surface area (Å²) < 4.78 is 0. The van der Waals surface area contributed by atoms with Gasteiger partial charge in [0.1, 0.15) is 0 Å². The van der Waals surface area contributed by atoms with Crippen molar-refractivity contribution in [3.05, 3.63) is 0 Å². The molecule has 1 unspecified atom stereocenters. The number of unbranched alkanes of at least 4 members (excludes halogenated alkanes) is 3. The third kappa shape index (κ3) is 5.71. The molecule has 2 nitrogen and oxygen atoms in total. The maximum atomic E-state index is 9.66. The van der Waals surface area contributed by atoms with Crippen LogP contribution in [0.15, 0.2) is 0 Å². The first-order valence-corrected chi connectivity index (χ1v) is 8.07. The number of rotatable bonds is 9. The highest BCUT2D eigenvalue weighted by molar-refractivity contribution is 4.85. The van der Waals surface area contributed by atoms with Gasteiger partial charge in [0, 0.05) is 24.6 Å². The van der Waals surface area contributed by atoms with Crippen LogP contribution in [-0.2, 0) is 0 Å². The van der Waals surface area contributed by atoms with E-state index in [1.807, 2.05) is 0 Å². The van der Waals surface area contributed by atoms with Gasteiger partial charge < -0.3 is 10.4 Å². The zero-order chi connectivity index (χ0) is 13.3. The van der Waals surface area contributed by atoms with Gasteiger partial charge in [-0.25, -0.2) is 0 Å². The molecule has 0 radical (unpaired) electrons. The Morgan fingerprint density at radius 3 is 2.44 bits per heavy atom. The number of aliphatic hydroxyl groups is 1. The van der Waals surface area contributed by atoms with Gasteiger partial charge in [0.25, 0.3) is 0 Å². The van der Waals surface area contributed by atoms with Crippen molar-refractivity contribution in [1.29, 1.82) is 0 Å². The van der Waals surface area contributed by atoms with Gasteiger partial charge in [-0.1, -0.05) is 51.9 Å². The molecule has 0 saturated heterocycles. The fraction of sp³-hybridized carbons (Fsp3) is 1.00. The molecule has 0 aromatic carbocycles. The zero-order valence-corrected chi connectivity index (χ0v) is 12.5. The topological polar surface area (TPSA) is 32.3 Å². The van der Waals surface area contributed by atoms with Crippen molar-refractivity contribution in [3.63, 3.8) is 0 Å². The molecule has 1 saturated carbocycles. The fourth-order valence-electron chi connectivity index (χ4n) is 3.06. The Labute approximate surface area is 114 Å². The molecule has 0 spiro atoms. The summed E-state index contributed by atoms with van der Waals surface area (Å²) in [4.78, 5) is 0. The minimum atomic E-state index is 0.190. The summed E-state index contributed by atoms with van der Waals surface area (Å²) in [5.74, 6) is 0. The van der Waals surface area contributed by atoms with Crippen LogP contribution in [0.5, 0.6) is 0 Å². The van der Waals surface area contributed by atoms with Crippen LogP contribution in [0.1, 0.15) is 78.1 Å². The number of aliphatic hydroxyl groups excluding tert-OH is 1. The van der Waals surface area contributed by atoms with E-state index in [-0.39, 0.29) is 5.41 Å². The maximum absolute atomic E-state index is 9.66. The van der Waals surface area contributed by atoms with Gasteiger partial charge in [0.2, 0.25) is 0 Å². The van der Waals surface area contributed by atoms with Crippen LogP contribution in [0.3, 0.4) is 0 Å². The lowest BCUT2D eigenvalue weighted by atomic mass is 9.74. The van der Waals surface area contributed by atoms with Gasteiger partial charge in [0.05, 0.1) is 0 Å². The van der Waals surface area contributed by atoms with Crippen LogP contribution >= 0.6 is 0 Å². The van der Waals surface area contributed by atoms with Gasteiger partial charge in [-0.05, 0) is 26.2 Å². The predicted molar refractivity (Wildman–Crippen MR) is 78.8 cm³/mol. The molecular formula is C16H33NO. The highest BCUT2D eigenvalue weighted by atomic mass is 16.3. The quantitative estimate of drug-likeness (QED) is 0.613. The summed E-state index contributed by atoms with van der Waals surface area (Å²) in [6.07, 6.45) is 13.0. The molecule has 108 valence electrons. The summed E-state index contributed by atoms with van der Waals surface area (Å²) in [6.45, 7) is 5.93. The predicted octanol–water partition coefficient (Wildman–Crippen LogP) is 3.88. The largest absolute Gasteiger partial charge is 0.396 e. The van der Waals surface area contributed by atoms with Gasteiger partial charge in [0.15, 0.2) is 0 Å². The zero-order valence-electron chi connectivity index (χ0n) is 12.5. The van der Waals surface area contributed by atoms with Crippen molar-refractivity contribution in [3.8, 4) is 0 Å². The highest BCUT2D eigenvalue weighted by Crippen LogP contribution is 2.35. The Morgan fingerprint density at radius 2 is 1.83 bits per heavy atom. The van der Waals surface area contributed by atoms with Crippen LogP contribution in [0.4, 0.5) is 0 Å². The lowest BCUT2D eigenvalue weighted by molar-refractivity contribution is 0.0785. The molecule has 1 rings (SSSR count). The average Bonchev–Trinajstić information content (AvgIpc) is 2.42. The molecule has 0 bridgehead atoms. The Balaban J connectivity index is 2.16. The van der Waals surface area contributed by atoms with Gasteiger partial charge in [-0.15, -0.1) is 0 Å². The van der Waals surface area contributed by atoms with Crippen molar-refractivity contribution in [2.24, 2.45) is 5.41 Å². The number of hydrogen-bond donors (Lipinski definition) is 2. The van der Waals surface area contributed by atoms with Gasteiger partial charge in [-0.3, -0.25) is 0 Å². The van der Waals surface area contributed by atoms with E-state index in [0.29, 0.717) is 12.6 Å². The molecule has 1 fully saturated rings. The van der Waals surface area contributed by atoms with Crippen molar-refractivity contribution in [2.75, 3.05) is 13.2 Å². The second kappa shape index (κ2) is 8.92. The fourth-order valence-corrected chi connectivity index (χ4v) is 3.06. The van der Waals surface area contributed by atoms with Crippen LogP contribution in [0.25, 0.3) is 0 Å². The van der Waals surface area contributed by atoms with E-state index in [2.05, 4.69) is 19.2 Å². The normalized spacial score (nSPS) is 20.8. The van der Waals surface area contributed by atoms with E-state index in [9.17, 15) is 5.11 Å². The lowest BCUT2D eigenvalue weighted by Gasteiger charge is -2.36. The van der Waals surface area contributed by atoms with Crippen molar-refractivity contribution >= 4 is 0 Å². The Kier molecular flexibility index (Phi) is 7.92. The summed E-state index contributed by atoms with van der Waals surface area (Å²) in [6, 6.07) is 0.604.